The Morgan fingerprint density at radius 2 is 1.55 bits per heavy atom. The van der Waals surface area contributed by atoms with Gasteiger partial charge in [0.1, 0.15) is 0 Å². The highest BCUT2D eigenvalue weighted by Gasteiger charge is 2.37. The normalized spacial score (nSPS) is 14.9. The van der Waals surface area contributed by atoms with Gasteiger partial charge in [-0.3, -0.25) is 14.4 Å². The largest absolute Gasteiger partial charge is 0.416 e. The van der Waals surface area contributed by atoms with Crippen molar-refractivity contribution < 1.29 is 27.6 Å². The van der Waals surface area contributed by atoms with E-state index in [2.05, 4.69) is 5.32 Å². The topological polar surface area (TPSA) is 66.5 Å². The summed E-state index contributed by atoms with van der Waals surface area (Å²) < 4.78 is 39.7. The second-order valence-corrected chi connectivity index (χ2v) is 7.40. The number of carbonyl (C=O) groups is 3. The van der Waals surface area contributed by atoms with Gasteiger partial charge in [-0.05, 0) is 53.6 Å². The van der Waals surface area contributed by atoms with E-state index in [0.717, 1.165) is 23.1 Å². The molecule has 1 aliphatic rings. The minimum atomic E-state index is -4.62. The molecule has 0 saturated carbocycles. The molecule has 3 aromatic carbocycles. The number of anilines is 2. The fourth-order valence-electron chi connectivity index (χ4n) is 3.58. The van der Waals surface area contributed by atoms with Gasteiger partial charge in [0, 0.05) is 23.7 Å². The molecular formula is C25H17F3N2O3. The molecule has 0 radical (unpaired) electrons. The van der Waals surface area contributed by atoms with Gasteiger partial charge in [-0.15, -0.1) is 0 Å². The molecule has 4 rings (SSSR count). The molecule has 0 bridgehead atoms. The third-order valence-corrected chi connectivity index (χ3v) is 5.06. The summed E-state index contributed by atoms with van der Waals surface area (Å²) in [6.07, 6.45) is -3.06. The Labute approximate surface area is 187 Å². The van der Waals surface area contributed by atoms with Crippen molar-refractivity contribution in [1.82, 2.24) is 0 Å². The van der Waals surface area contributed by atoms with E-state index in [4.69, 9.17) is 0 Å². The highest BCUT2D eigenvalue weighted by atomic mass is 19.4. The van der Waals surface area contributed by atoms with Gasteiger partial charge >= 0.3 is 6.18 Å². The predicted molar refractivity (Wildman–Crippen MR) is 118 cm³/mol. The summed E-state index contributed by atoms with van der Waals surface area (Å²) in [5.74, 6) is -1.66. The van der Waals surface area contributed by atoms with Crippen LogP contribution in [0, 0.1) is 0 Å². The maximum absolute atomic E-state index is 13.4. The molecule has 0 unspecified atom stereocenters. The molecule has 0 atom stereocenters. The summed E-state index contributed by atoms with van der Waals surface area (Å²) in [7, 11) is 0. The molecule has 166 valence electrons. The Hall–Kier alpha value is -4.20. The van der Waals surface area contributed by atoms with Crippen LogP contribution in [-0.4, -0.2) is 17.7 Å². The second-order valence-electron chi connectivity index (χ2n) is 7.40. The predicted octanol–water partition coefficient (Wildman–Crippen LogP) is 5.39. The number of carbonyl (C=O) groups excluding carboxylic acids is 3. The molecule has 3 aromatic rings. The number of rotatable bonds is 3. The van der Waals surface area contributed by atoms with Crippen molar-refractivity contribution in [3.8, 4) is 0 Å². The van der Waals surface area contributed by atoms with Crippen LogP contribution in [0.2, 0.25) is 0 Å². The first-order valence-electron chi connectivity index (χ1n) is 9.90. The highest BCUT2D eigenvalue weighted by molar-refractivity contribution is 6.43. The molecule has 33 heavy (non-hydrogen) atoms. The van der Waals surface area contributed by atoms with E-state index < -0.39 is 23.6 Å². The number of benzene rings is 3. The molecule has 0 aromatic heterocycles. The van der Waals surface area contributed by atoms with Crippen molar-refractivity contribution in [2.24, 2.45) is 0 Å². The second kappa shape index (κ2) is 8.38. The fraction of sp³-hybridized carbons (Fsp3) is 0.0800. The van der Waals surface area contributed by atoms with Crippen LogP contribution in [0.25, 0.3) is 11.6 Å². The van der Waals surface area contributed by atoms with Crippen molar-refractivity contribution in [3.63, 3.8) is 0 Å². The number of hydrogen-bond acceptors (Lipinski definition) is 3. The lowest BCUT2D eigenvalue weighted by molar-refractivity contribution is -0.137. The van der Waals surface area contributed by atoms with E-state index in [9.17, 15) is 27.6 Å². The van der Waals surface area contributed by atoms with Gasteiger partial charge < -0.3 is 5.32 Å². The summed E-state index contributed by atoms with van der Waals surface area (Å²) in [5, 5.41) is 2.64. The van der Waals surface area contributed by atoms with Crippen LogP contribution in [0.1, 0.15) is 34.0 Å². The summed E-state index contributed by atoms with van der Waals surface area (Å²) in [5.41, 5.74) is 0.813. The van der Waals surface area contributed by atoms with Crippen LogP contribution in [-0.2, 0) is 15.8 Å². The van der Waals surface area contributed by atoms with Crippen LogP contribution in [0.4, 0.5) is 24.5 Å². The van der Waals surface area contributed by atoms with Gasteiger partial charge in [0.2, 0.25) is 5.91 Å². The number of alkyl halides is 3. The summed E-state index contributed by atoms with van der Waals surface area (Å²) in [6, 6.07) is 17.2. The maximum Gasteiger partial charge on any atom is 0.416 e. The average Bonchev–Trinajstić information content (AvgIpc) is 2.77. The Morgan fingerprint density at radius 3 is 2.18 bits per heavy atom. The van der Waals surface area contributed by atoms with E-state index in [0.29, 0.717) is 16.8 Å². The lowest BCUT2D eigenvalue weighted by Crippen LogP contribution is -2.41. The number of halogens is 3. The highest BCUT2D eigenvalue weighted by Crippen LogP contribution is 2.36. The van der Waals surface area contributed by atoms with Crippen molar-refractivity contribution in [1.29, 1.82) is 0 Å². The molecule has 1 aliphatic heterocycles. The standard InChI is InChI=1S/C25H17F3N2O3/c1-15(31)29-18-11-9-16(10-12-18)13-22-20-7-2-3-8-21(20)23(32)30(24(22)33)19-6-4-5-17(14-19)25(26,27)28/h2-14H,1H3,(H,29,31)/b22-13+. The number of nitrogens with one attached hydrogen (secondary N) is 1. The zero-order chi connectivity index (χ0) is 23.8. The number of hydrogen-bond donors (Lipinski definition) is 1. The third-order valence-electron chi connectivity index (χ3n) is 5.06. The number of fused-ring (bicyclic) bond motifs is 1. The van der Waals surface area contributed by atoms with E-state index >= 15 is 0 Å². The van der Waals surface area contributed by atoms with Crippen LogP contribution in [0.5, 0.6) is 0 Å². The molecular weight excluding hydrogens is 433 g/mol. The molecule has 0 saturated heterocycles. The van der Waals surface area contributed by atoms with Crippen molar-refractivity contribution in [2.45, 2.75) is 13.1 Å². The minimum Gasteiger partial charge on any atom is -0.326 e. The van der Waals surface area contributed by atoms with Crippen molar-refractivity contribution in [2.75, 3.05) is 10.2 Å². The van der Waals surface area contributed by atoms with E-state index in [1.54, 1.807) is 48.5 Å². The zero-order valence-electron chi connectivity index (χ0n) is 17.3. The van der Waals surface area contributed by atoms with Gasteiger partial charge in [-0.1, -0.05) is 36.4 Å². The van der Waals surface area contributed by atoms with Crippen LogP contribution < -0.4 is 10.2 Å². The summed E-state index contributed by atoms with van der Waals surface area (Å²) >= 11 is 0. The smallest absolute Gasteiger partial charge is 0.326 e. The first-order chi connectivity index (χ1) is 15.6. The van der Waals surface area contributed by atoms with Crippen molar-refractivity contribution in [3.05, 3.63) is 95.1 Å². The summed E-state index contributed by atoms with van der Waals surface area (Å²) in [6.45, 7) is 1.38. The Bertz CT molecular complexity index is 1290. The number of nitrogens with zero attached hydrogens (tertiary/aromatic N) is 1. The van der Waals surface area contributed by atoms with Crippen LogP contribution >= 0.6 is 0 Å². The first-order valence-corrected chi connectivity index (χ1v) is 9.90. The molecule has 0 aliphatic carbocycles. The first kappa shape index (κ1) is 22.0. The average molecular weight is 450 g/mol. The SMILES string of the molecule is CC(=O)Nc1ccc(/C=C2/C(=O)N(c3cccc(C(F)(F)F)c3)C(=O)c3ccccc32)cc1. The van der Waals surface area contributed by atoms with E-state index in [1.807, 2.05) is 0 Å². The fourth-order valence-corrected chi connectivity index (χ4v) is 3.58. The lowest BCUT2D eigenvalue weighted by atomic mass is 9.91. The Kier molecular flexibility index (Phi) is 5.59. The molecule has 3 amide bonds. The van der Waals surface area contributed by atoms with Gasteiger partial charge in [0.25, 0.3) is 11.8 Å². The molecule has 1 N–H and O–H groups in total. The summed E-state index contributed by atoms with van der Waals surface area (Å²) in [4.78, 5) is 38.4. The molecule has 8 heteroatoms. The van der Waals surface area contributed by atoms with E-state index in [1.165, 1.54) is 19.1 Å². The molecule has 5 nitrogen and oxygen atoms in total. The van der Waals surface area contributed by atoms with E-state index in [-0.39, 0.29) is 22.7 Å². The quantitative estimate of drug-likeness (QED) is 0.430. The van der Waals surface area contributed by atoms with Crippen LogP contribution in [0.15, 0.2) is 72.8 Å². The molecule has 1 heterocycles. The lowest BCUT2D eigenvalue weighted by Gasteiger charge is -2.29. The van der Waals surface area contributed by atoms with Crippen molar-refractivity contribution >= 4 is 40.7 Å². The molecule has 0 fully saturated rings. The third kappa shape index (κ3) is 4.41. The van der Waals surface area contributed by atoms with Crippen LogP contribution in [0.3, 0.4) is 0 Å². The van der Waals surface area contributed by atoms with Gasteiger partial charge in [-0.25, -0.2) is 4.90 Å². The van der Waals surface area contributed by atoms with Gasteiger partial charge in [0.15, 0.2) is 0 Å². The molecule has 0 spiro atoms. The van der Waals surface area contributed by atoms with Gasteiger partial charge in [-0.2, -0.15) is 13.2 Å². The number of amides is 3. The zero-order valence-corrected chi connectivity index (χ0v) is 17.3. The Balaban J connectivity index is 1.81. The Morgan fingerprint density at radius 1 is 0.879 bits per heavy atom. The minimum absolute atomic E-state index is 0.162. The monoisotopic (exact) mass is 450 g/mol. The van der Waals surface area contributed by atoms with Gasteiger partial charge in [0.05, 0.1) is 11.3 Å². The number of imide groups is 1. The maximum atomic E-state index is 13.4.